The maximum absolute atomic E-state index is 12.8. The van der Waals surface area contributed by atoms with Gasteiger partial charge in [0.25, 0.3) is 10.0 Å². The highest BCUT2D eigenvalue weighted by atomic mass is 32.2. The second-order valence-electron chi connectivity index (χ2n) is 7.41. The molecule has 1 aliphatic rings. The maximum Gasteiger partial charge on any atom is 0.341 e. The number of esters is 1. The molecule has 3 aromatic carbocycles. The van der Waals surface area contributed by atoms with Crippen molar-refractivity contribution < 1.29 is 32.2 Å². The van der Waals surface area contributed by atoms with Gasteiger partial charge in [-0.2, -0.15) is 8.42 Å². The third-order valence-corrected chi connectivity index (χ3v) is 6.75. The van der Waals surface area contributed by atoms with Gasteiger partial charge in [0.2, 0.25) is 0 Å². The van der Waals surface area contributed by atoms with Gasteiger partial charge in [-0.1, -0.05) is 24.3 Å². The van der Waals surface area contributed by atoms with Crippen molar-refractivity contribution in [3.05, 3.63) is 77.9 Å². The Balaban J connectivity index is 1.63. The summed E-state index contributed by atoms with van der Waals surface area (Å²) < 4.78 is 50.9. The molecular weight excluding hydrogens is 472 g/mol. The first-order chi connectivity index (χ1) is 16.9. The SMILES string of the molecule is COc1ccc(C(=O)OCCN(C2=NS(=O)(=O)c3ccccc32)c2ccccc2OC)c(OC)c1. The predicted octanol–water partition coefficient (Wildman–Crippen LogP) is 3.52. The van der Waals surface area contributed by atoms with Crippen LogP contribution in [0.5, 0.6) is 17.2 Å². The summed E-state index contributed by atoms with van der Waals surface area (Å²) in [6.45, 7) is 0.0561. The van der Waals surface area contributed by atoms with Crippen molar-refractivity contribution in [2.45, 2.75) is 4.90 Å². The van der Waals surface area contributed by atoms with Crippen LogP contribution in [-0.2, 0) is 14.8 Å². The Morgan fingerprint density at radius 3 is 2.34 bits per heavy atom. The molecule has 35 heavy (non-hydrogen) atoms. The van der Waals surface area contributed by atoms with Gasteiger partial charge in [-0.3, -0.25) is 0 Å². The van der Waals surface area contributed by atoms with Crippen LogP contribution in [0.2, 0.25) is 0 Å². The first kappa shape index (κ1) is 24.1. The number of sulfonamides is 1. The summed E-state index contributed by atoms with van der Waals surface area (Å²) in [7, 11) is 0.631. The Labute approximate surface area is 203 Å². The largest absolute Gasteiger partial charge is 0.497 e. The van der Waals surface area contributed by atoms with E-state index in [9.17, 15) is 13.2 Å². The fraction of sp³-hybridized carbons (Fsp3) is 0.200. The molecule has 0 saturated heterocycles. The fourth-order valence-electron chi connectivity index (χ4n) is 3.75. The first-order valence-electron chi connectivity index (χ1n) is 10.6. The molecule has 0 radical (unpaired) electrons. The van der Waals surface area contributed by atoms with Crippen LogP contribution in [0.1, 0.15) is 15.9 Å². The van der Waals surface area contributed by atoms with Gasteiger partial charge in [-0.05, 0) is 36.4 Å². The second-order valence-corrected chi connectivity index (χ2v) is 8.98. The van der Waals surface area contributed by atoms with Crippen molar-refractivity contribution in [3.63, 3.8) is 0 Å². The number of anilines is 1. The number of carbonyl (C=O) groups excluding carboxylic acids is 1. The molecule has 182 valence electrons. The lowest BCUT2D eigenvalue weighted by Gasteiger charge is -2.26. The van der Waals surface area contributed by atoms with E-state index in [0.29, 0.717) is 28.5 Å². The molecule has 0 spiro atoms. The quantitative estimate of drug-likeness (QED) is 0.437. The first-order valence-corrected chi connectivity index (χ1v) is 12.1. The molecule has 1 heterocycles. The van der Waals surface area contributed by atoms with Crippen LogP contribution >= 0.6 is 0 Å². The number of carbonyl (C=O) groups is 1. The summed E-state index contributed by atoms with van der Waals surface area (Å²) in [5.41, 5.74) is 1.28. The third kappa shape index (κ3) is 4.78. The van der Waals surface area contributed by atoms with E-state index in [4.69, 9.17) is 18.9 Å². The van der Waals surface area contributed by atoms with Crippen molar-refractivity contribution in [1.82, 2.24) is 0 Å². The molecule has 0 bridgehead atoms. The number of fused-ring (bicyclic) bond motifs is 1. The summed E-state index contributed by atoms with van der Waals surface area (Å²) >= 11 is 0. The number of nitrogens with zero attached hydrogens (tertiary/aromatic N) is 2. The van der Waals surface area contributed by atoms with Gasteiger partial charge in [0.05, 0.1) is 33.6 Å². The lowest BCUT2D eigenvalue weighted by molar-refractivity contribution is 0.0513. The molecule has 4 rings (SSSR count). The van der Waals surface area contributed by atoms with E-state index >= 15 is 0 Å². The van der Waals surface area contributed by atoms with E-state index < -0.39 is 16.0 Å². The Morgan fingerprint density at radius 2 is 1.60 bits per heavy atom. The van der Waals surface area contributed by atoms with Gasteiger partial charge in [-0.25, -0.2) is 4.79 Å². The molecule has 0 atom stereocenters. The lowest BCUT2D eigenvalue weighted by Crippen LogP contribution is -2.34. The average molecular weight is 497 g/mol. The summed E-state index contributed by atoms with van der Waals surface area (Å²) in [4.78, 5) is 14.6. The third-order valence-electron chi connectivity index (χ3n) is 5.42. The van der Waals surface area contributed by atoms with E-state index in [1.54, 1.807) is 65.6 Å². The fourth-order valence-corrected chi connectivity index (χ4v) is 4.96. The van der Waals surface area contributed by atoms with Gasteiger partial charge >= 0.3 is 5.97 Å². The lowest BCUT2D eigenvalue weighted by atomic mass is 10.1. The molecule has 0 aromatic heterocycles. The highest BCUT2D eigenvalue weighted by molar-refractivity contribution is 7.90. The van der Waals surface area contributed by atoms with Gasteiger partial charge in [0.1, 0.15) is 34.3 Å². The maximum atomic E-state index is 12.8. The zero-order valence-corrected chi connectivity index (χ0v) is 20.2. The Bertz CT molecular complexity index is 1390. The smallest absolute Gasteiger partial charge is 0.341 e. The number of para-hydroxylation sites is 2. The zero-order chi connectivity index (χ0) is 25.0. The average Bonchev–Trinajstić information content (AvgIpc) is 3.16. The molecule has 0 amide bonds. The summed E-state index contributed by atoms with van der Waals surface area (Å²) in [5, 5.41) is 0. The van der Waals surface area contributed by atoms with Crippen LogP contribution in [0.4, 0.5) is 5.69 Å². The molecule has 0 fully saturated rings. The minimum absolute atomic E-state index is 0.0622. The number of rotatable bonds is 8. The van der Waals surface area contributed by atoms with E-state index in [1.807, 2.05) is 0 Å². The van der Waals surface area contributed by atoms with E-state index in [1.165, 1.54) is 27.4 Å². The molecule has 0 N–H and O–H groups in total. The Kier molecular flexibility index (Phi) is 6.92. The Morgan fingerprint density at radius 1 is 0.886 bits per heavy atom. The molecule has 3 aromatic rings. The normalized spacial score (nSPS) is 13.4. The highest BCUT2D eigenvalue weighted by Gasteiger charge is 2.33. The molecule has 0 aliphatic carbocycles. The minimum Gasteiger partial charge on any atom is -0.497 e. The summed E-state index contributed by atoms with van der Waals surface area (Å²) in [5.74, 6) is 1.00. The molecular formula is C25H24N2O7S. The predicted molar refractivity (Wildman–Crippen MR) is 130 cm³/mol. The summed E-state index contributed by atoms with van der Waals surface area (Å²) in [6, 6.07) is 18.5. The number of hydrogen-bond acceptors (Lipinski definition) is 8. The van der Waals surface area contributed by atoms with Gasteiger partial charge < -0.3 is 23.8 Å². The van der Waals surface area contributed by atoms with E-state index in [-0.39, 0.29) is 29.4 Å². The van der Waals surface area contributed by atoms with Crippen molar-refractivity contribution in [1.29, 1.82) is 0 Å². The number of amidine groups is 1. The number of hydrogen-bond donors (Lipinski definition) is 0. The number of benzene rings is 3. The van der Waals surface area contributed by atoms with Crippen LogP contribution < -0.4 is 19.1 Å². The molecule has 0 saturated carbocycles. The van der Waals surface area contributed by atoms with Crippen LogP contribution in [0.15, 0.2) is 76.0 Å². The van der Waals surface area contributed by atoms with Crippen LogP contribution in [0.3, 0.4) is 0 Å². The van der Waals surface area contributed by atoms with Crippen molar-refractivity contribution in [3.8, 4) is 17.2 Å². The van der Waals surface area contributed by atoms with Gasteiger partial charge in [0.15, 0.2) is 5.84 Å². The van der Waals surface area contributed by atoms with Crippen LogP contribution in [0, 0.1) is 0 Å². The van der Waals surface area contributed by atoms with Crippen molar-refractivity contribution >= 4 is 27.5 Å². The highest BCUT2D eigenvalue weighted by Crippen LogP contribution is 2.34. The van der Waals surface area contributed by atoms with Crippen LogP contribution in [0.25, 0.3) is 0 Å². The number of ether oxygens (including phenoxy) is 4. The van der Waals surface area contributed by atoms with Crippen molar-refractivity contribution in [2.75, 3.05) is 39.4 Å². The monoisotopic (exact) mass is 496 g/mol. The van der Waals surface area contributed by atoms with Crippen molar-refractivity contribution in [2.24, 2.45) is 4.40 Å². The van der Waals surface area contributed by atoms with Crippen LogP contribution in [-0.4, -0.2) is 54.7 Å². The topological polar surface area (TPSA) is 104 Å². The molecule has 1 aliphatic heterocycles. The zero-order valence-electron chi connectivity index (χ0n) is 19.4. The Hall–Kier alpha value is -4.05. The van der Waals surface area contributed by atoms with Gasteiger partial charge in [0, 0.05) is 11.6 Å². The minimum atomic E-state index is -3.86. The van der Waals surface area contributed by atoms with E-state index in [2.05, 4.69) is 4.40 Å². The molecule has 10 heteroatoms. The molecule has 9 nitrogen and oxygen atoms in total. The number of methoxy groups -OCH3 is 3. The summed E-state index contributed by atoms with van der Waals surface area (Å²) in [6.07, 6.45) is 0. The second kappa shape index (κ2) is 10.1. The van der Waals surface area contributed by atoms with E-state index in [0.717, 1.165) is 0 Å². The van der Waals surface area contributed by atoms with Gasteiger partial charge in [-0.15, -0.1) is 4.40 Å². The standard InChI is InChI=1S/C25H24N2O7S/c1-31-17-12-13-18(22(16-17)33-3)25(28)34-15-14-27(20-9-5-6-10-21(20)32-2)24-19-8-4-7-11-23(19)35(29,30)26-24/h4-13,16H,14-15H2,1-3H3. The molecule has 0 unspecified atom stereocenters.